The molecule has 5 heteroatoms. The second-order valence-corrected chi connectivity index (χ2v) is 8.08. The SMILES string of the molecule is Cc1ccc(CNC(=O)NCc2ccc3c(c2)N(C(=O)c2ccccc2)C(C)C3)cc1. The quantitative estimate of drug-likeness (QED) is 0.643. The van der Waals surface area contributed by atoms with Gasteiger partial charge in [-0.1, -0.05) is 60.2 Å². The van der Waals surface area contributed by atoms with Crippen molar-refractivity contribution in [3.63, 3.8) is 0 Å². The summed E-state index contributed by atoms with van der Waals surface area (Å²) in [6.45, 7) is 4.98. The third-order valence-electron chi connectivity index (χ3n) is 5.63. The van der Waals surface area contributed by atoms with Gasteiger partial charge in [-0.05, 0) is 55.2 Å². The average Bonchev–Trinajstić information content (AvgIpc) is 3.12. The van der Waals surface area contributed by atoms with E-state index in [1.807, 2.05) is 78.6 Å². The fourth-order valence-electron chi connectivity index (χ4n) is 3.93. The van der Waals surface area contributed by atoms with Gasteiger partial charge in [-0.2, -0.15) is 0 Å². The smallest absolute Gasteiger partial charge is 0.315 e. The summed E-state index contributed by atoms with van der Waals surface area (Å²) in [5.74, 6) is 0.00722. The van der Waals surface area contributed by atoms with Gasteiger partial charge in [0.2, 0.25) is 0 Å². The Morgan fingerprint density at radius 1 is 0.903 bits per heavy atom. The zero-order valence-corrected chi connectivity index (χ0v) is 17.9. The number of hydrogen-bond donors (Lipinski definition) is 2. The molecule has 0 aromatic heterocycles. The molecule has 0 spiro atoms. The minimum Gasteiger partial charge on any atom is -0.334 e. The van der Waals surface area contributed by atoms with Gasteiger partial charge in [0.1, 0.15) is 0 Å². The Hall–Kier alpha value is -3.60. The van der Waals surface area contributed by atoms with Crippen LogP contribution in [0, 0.1) is 6.92 Å². The minimum absolute atomic E-state index is 0.00722. The van der Waals surface area contributed by atoms with Crippen molar-refractivity contribution in [1.29, 1.82) is 0 Å². The number of hydrogen-bond acceptors (Lipinski definition) is 2. The molecule has 3 amide bonds. The predicted octanol–water partition coefficient (Wildman–Crippen LogP) is 4.59. The average molecular weight is 414 g/mol. The number of amides is 3. The lowest BCUT2D eigenvalue weighted by atomic mass is 10.1. The highest BCUT2D eigenvalue weighted by Gasteiger charge is 2.31. The number of benzene rings is 3. The van der Waals surface area contributed by atoms with Gasteiger partial charge in [-0.3, -0.25) is 4.79 Å². The van der Waals surface area contributed by atoms with Crippen molar-refractivity contribution in [2.75, 3.05) is 4.90 Å². The first-order chi connectivity index (χ1) is 15.0. The van der Waals surface area contributed by atoms with E-state index >= 15 is 0 Å². The number of nitrogens with zero attached hydrogens (tertiary/aromatic N) is 1. The maximum atomic E-state index is 13.1. The van der Waals surface area contributed by atoms with Crippen LogP contribution in [0.2, 0.25) is 0 Å². The molecule has 158 valence electrons. The molecule has 1 unspecified atom stereocenters. The maximum Gasteiger partial charge on any atom is 0.315 e. The normalized spacial score (nSPS) is 14.8. The highest BCUT2D eigenvalue weighted by Crippen LogP contribution is 2.34. The van der Waals surface area contributed by atoms with E-state index in [0.717, 1.165) is 28.8 Å². The predicted molar refractivity (Wildman–Crippen MR) is 123 cm³/mol. The summed E-state index contributed by atoms with van der Waals surface area (Å²) >= 11 is 0. The Morgan fingerprint density at radius 2 is 1.55 bits per heavy atom. The summed E-state index contributed by atoms with van der Waals surface area (Å²) in [5.41, 5.74) is 5.98. The zero-order chi connectivity index (χ0) is 21.8. The van der Waals surface area contributed by atoms with Crippen molar-refractivity contribution < 1.29 is 9.59 Å². The van der Waals surface area contributed by atoms with Gasteiger partial charge < -0.3 is 15.5 Å². The molecule has 0 fully saturated rings. The van der Waals surface area contributed by atoms with Gasteiger partial charge >= 0.3 is 6.03 Å². The highest BCUT2D eigenvalue weighted by atomic mass is 16.2. The van der Waals surface area contributed by atoms with Crippen molar-refractivity contribution in [2.45, 2.75) is 39.4 Å². The molecule has 4 rings (SSSR count). The van der Waals surface area contributed by atoms with Crippen LogP contribution in [0.3, 0.4) is 0 Å². The van der Waals surface area contributed by atoms with E-state index in [1.54, 1.807) is 0 Å². The van der Waals surface area contributed by atoms with Crippen molar-refractivity contribution in [1.82, 2.24) is 10.6 Å². The van der Waals surface area contributed by atoms with Crippen molar-refractivity contribution in [2.24, 2.45) is 0 Å². The van der Waals surface area contributed by atoms with E-state index in [-0.39, 0.29) is 18.0 Å². The van der Waals surface area contributed by atoms with Gasteiger partial charge in [0.25, 0.3) is 5.91 Å². The summed E-state index contributed by atoms with van der Waals surface area (Å²) < 4.78 is 0. The Labute approximate surface area is 183 Å². The molecule has 1 aliphatic heterocycles. The molecule has 31 heavy (non-hydrogen) atoms. The Morgan fingerprint density at radius 3 is 2.26 bits per heavy atom. The van der Waals surface area contributed by atoms with Gasteiger partial charge in [-0.25, -0.2) is 4.79 Å². The third-order valence-corrected chi connectivity index (χ3v) is 5.63. The first-order valence-corrected chi connectivity index (χ1v) is 10.6. The lowest BCUT2D eigenvalue weighted by Gasteiger charge is -2.23. The summed E-state index contributed by atoms with van der Waals surface area (Å²) in [6.07, 6.45) is 0.832. The van der Waals surface area contributed by atoms with E-state index in [0.29, 0.717) is 18.7 Å². The number of fused-ring (bicyclic) bond motifs is 1. The second kappa shape index (κ2) is 9.04. The minimum atomic E-state index is -0.216. The van der Waals surface area contributed by atoms with Crippen LogP contribution in [0.5, 0.6) is 0 Å². The fourth-order valence-corrected chi connectivity index (χ4v) is 3.93. The van der Waals surface area contributed by atoms with Crippen LogP contribution in [0.15, 0.2) is 72.8 Å². The Kier molecular flexibility index (Phi) is 6.03. The van der Waals surface area contributed by atoms with Crippen molar-refractivity contribution in [3.05, 3.63) is 101 Å². The molecule has 1 aliphatic rings. The molecule has 3 aromatic carbocycles. The van der Waals surface area contributed by atoms with Crippen LogP contribution < -0.4 is 15.5 Å². The van der Waals surface area contributed by atoms with Gasteiger partial charge in [-0.15, -0.1) is 0 Å². The maximum absolute atomic E-state index is 13.1. The van der Waals surface area contributed by atoms with Gasteiger partial charge in [0.15, 0.2) is 0 Å². The highest BCUT2D eigenvalue weighted by molar-refractivity contribution is 6.07. The second-order valence-electron chi connectivity index (χ2n) is 8.08. The molecule has 3 aromatic rings. The van der Waals surface area contributed by atoms with E-state index < -0.39 is 0 Å². The number of rotatable bonds is 5. The summed E-state index contributed by atoms with van der Waals surface area (Å²) in [4.78, 5) is 27.2. The monoisotopic (exact) mass is 413 g/mol. The molecular weight excluding hydrogens is 386 g/mol. The van der Waals surface area contributed by atoms with Gasteiger partial charge in [0.05, 0.1) is 0 Å². The molecule has 5 nitrogen and oxygen atoms in total. The molecule has 0 saturated carbocycles. The standard InChI is InChI=1S/C26H27N3O2/c1-18-8-10-20(11-9-18)16-27-26(31)28-17-21-12-13-23-14-19(2)29(24(23)15-21)25(30)22-6-4-3-5-7-22/h3-13,15,19H,14,16-17H2,1-2H3,(H2,27,28,31). The van der Waals surface area contributed by atoms with E-state index in [9.17, 15) is 9.59 Å². The van der Waals surface area contributed by atoms with Crippen molar-refractivity contribution >= 4 is 17.6 Å². The first-order valence-electron chi connectivity index (χ1n) is 10.6. The van der Waals surface area contributed by atoms with E-state index in [2.05, 4.69) is 23.6 Å². The molecule has 2 N–H and O–H groups in total. The fraction of sp³-hybridized carbons (Fsp3) is 0.231. The van der Waals surface area contributed by atoms with Gasteiger partial charge in [0, 0.05) is 30.4 Å². The number of anilines is 1. The Balaban J connectivity index is 1.40. The molecule has 0 radical (unpaired) electrons. The number of nitrogens with one attached hydrogen (secondary N) is 2. The lowest BCUT2D eigenvalue weighted by molar-refractivity contribution is 0.0981. The van der Waals surface area contributed by atoms with Crippen LogP contribution in [-0.2, 0) is 19.5 Å². The molecule has 0 bridgehead atoms. The van der Waals surface area contributed by atoms with Crippen LogP contribution in [0.4, 0.5) is 10.5 Å². The number of urea groups is 1. The van der Waals surface area contributed by atoms with E-state index in [4.69, 9.17) is 0 Å². The molecular formula is C26H27N3O2. The first kappa shape index (κ1) is 20.7. The number of carbonyl (C=O) groups excluding carboxylic acids is 2. The summed E-state index contributed by atoms with van der Waals surface area (Å²) in [7, 11) is 0. The van der Waals surface area contributed by atoms with Crippen LogP contribution in [0.25, 0.3) is 0 Å². The Bertz CT molecular complexity index is 1080. The summed E-state index contributed by atoms with van der Waals surface area (Å²) in [5, 5.41) is 5.79. The number of carbonyl (C=O) groups is 2. The van der Waals surface area contributed by atoms with Crippen LogP contribution in [0.1, 0.15) is 39.5 Å². The molecule has 0 aliphatic carbocycles. The largest absolute Gasteiger partial charge is 0.334 e. The molecule has 1 heterocycles. The van der Waals surface area contributed by atoms with E-state index in [1.165, 1.54) is 5.56 Å². The lowest BCUT2D eigenvalue weighted by Crippen LogP contribution is -2.36. The van der Waals surface area contributed by atoms with Crippen LogP contribution >= 0.6 is 0 Å². The van der Waals surface area contributed by atoms with Crippen LogP contribution in [-0.4, -0.2) is 18.0 Å². The third kappa shape index (κ3) is 4.77. The zero-order valence-electron chi connectivity index (χ0n) is 17.9. The molecule has 1 atom stereocenters. The molecule has 0 saturated heterocycles. The number of aryl methyl sites for hydroxylation is 1. The van der Waals surface area contributed by atoms with Crippen molar-refractivity contribution in [3.8, 4) is 0 Å². The summed E-state index contributed by atoms with van der Waals surface area (Å²) in [6, 6.07) is 23.4. The topological polar surface area (TPSA) is 61.4 Å².